The standard InChI is InChI=1S/C14H21NO3/c1-13(2,3)14(16,9-15)10-4-5-11-12(8-10)18-7-6-17-11/h4-5,8,16H,6-7,9,15H2,1-3H3. The average Bonchev–Trinajstić information content (AvgIpc) is 2.35. The molecule has 0 spiro atoms. The van der Waals surface area contributed by atoms with Crippen molar-refractivity contribution in [2.24, 2.45) is 11.1 Å². The molecular weight excluding hydrogens is 230 g/mol. The SMILES string of the molecule is CC(C)(C)C(O)(CN)c1ccc2c(c1)OCCO2. The molecule has 1 aromatic rings. The molecule has 0 amide bonds. The van der Waals surface area contributed by atoms with Crippen LogP contribution < -0.4 is 15.2 Å². The van der Waals surface area contributed by atoms with Gasteiger partial charge in [0.2, 0.25) is 0 Å². The highest BCUT2D eigenvalue weighted by atomic mass is 16.6. The quantitative estimate of drug-likeness (QED) is 0.839. The van der Waals surface area contributed by atoms with Gasteiger partial charge in [-0.2, -0.15) is 0 Å². The van der Waals surface area contributed by atoms with Crippen molar-refractivity contribution in [3.05, 3.63) is 23.8 Å². The zero-order valence-corrected chi connectivity index (χ0v) is 11.2. The fourth-order valence-corrected chi connectivity index (χ4v) is 2.16. The number of nitrogens with two attached hydrogens (primary N) is 1. The minimum atomic E-state index is -1.08. The van der Waals surface area contributed by atoms with Crippen LogP contribution in [0.4, 0.5) is 0 Å². The van der Waals surface area contributed by atoms with Gasteiger partial charge in [0.25, 0.3) is 0 Å². The molecule has 0 aromatic heterocycles. The van der Waals surface area contributed by atoms with Gasteiger partial charge in [-0.1, -0.05) is 26.8 Å². The van der Waals surface area contributed by atoms with E-state index in [-0.39, 0.29) is 12.0 Å². The number of benzene rings is 1. The van der Waals surface area contributed by atoms with Crippen LogP contribution in [0.2, 0.25) is 0 Å². The Hall–Kier alpha value is -1.26. The summed E-state index contributed by atoms with van der Waals surface area (Å²) in [5.74, 6) is 1.40. The third-order valence-electron chi connectivity index (χ3n) is 3.56. The van der Waals surface area contributed by atoms with Crippen LogP contribution in [0, 0.1) is 5.41 Å². The van der Waals surface area contributed by atoms with E-state index in [4.69, 9.17) is 15.2 Å². The Balaban J connectivity index is 2.44. The number of rotatable bonds is 2. The molecule has 1 aliphatic heterocycles. The monoisotopic (exact) mass is 251 g/mol. The van der Waals surface area contributed by atoms with Crippen LogP contribution in [0.15, 0.2) is 18.2 Å². The number of hydrogen-bond acceptors (Lipinski definition) is 4. The second-order valence-electron chi connectivity index (χ2n) is 5.67. The number of hydrogen-bond donors (Lipinski definition) is 2. The fraction of sp³-hybridized carbons (Fsp3) is 0.571. The van der Waals surface area contributed by atoms with Crippen molar-refractivity contribution >= 4 is 0 Å². The smallest absolute Gasteiger partial charge is 0.161 e. The van der Waals surface area contributed by atoms with E-state index in [2.05, 4.69) is 0 Å². The molecule has 0 saturated heterocycles. The summed E-state index contributed by atoms with van der Waals surface area (Å²) in [4.78, 5) is 0. The molecule has 0 fully saturated rings. The summed E-state index contributed by atoms with van der Waals surface area (Å²) >= 11 is 0. The highest BCUT2D eigenvalue weighted by Crippen LogP contribution is 2.42. The molecule has 4 nitrogen and oxygen atoms in total. The van der Waals surface area contributed by atoms with Gasteiger partial charge in [-0.25, -0.2) is 0 Å². The van der Waals surface area contributed by atoms with Crippen molar-refractivity contribution in [3.63, 3.8) is 0 Å². The highest BCUT2D eigenvalue weighted by Gasteiger charge is 2.41. The van der Waals surface area contributed by atoms with Crippen LogP contribution in [-0.4, -0.2) is 24.9 Å². The molecule has 100 valence electrons. The van der Waals surface area contributed by atoms with E-state index in [0.29, 0.717) is 19.0 Å². The molecular formula is C14H21NO3. The third kappa shape index (κ3) is 2.06. The maximum Gasteiger partial charge on any atom is 0.161 e. The maximum absolute atomic E-state index is 10.8. The lowest BCUT2D eigenvalue weighted by Crippen LogP contribution is -2.46. The summed E-state index contributed by atoms with van der Waals surface area (Å²) in [7, 11) is 0. The van der Waals surface area contributed by atoms with Gasteiger partial charge in [0.05, 0.1) is 0 Å². The van der Waals surface area contributed by atoms with Gasteiger partial charge in [-0.15, -0.1) is 0 Å². The van der Waals surface area contributed by atoms with E-state index in [0.717, 1.165) is 11.3 Å². The first kappa shape index (κ1) is 13.2. The summed E-state index contributed by atoms with van der Waals surface area (Å²) in [5.41, 5.74) is 5.11. The predicted octanol–water partition coefficient (Wildman–Crippen LogP) is 1.65. The summed E-state index contributed by atoms with van der Waals surface area (Å²) in [6, 6.07) is 5.51. The summed E-state index contributed by atoms with van der Waals surface area (Å²) in [5, 5.41) is 10.8. The lowest BCUT2D eigenvalue weighted by atomic mass is 9.72. The lowest BCUT2D eigenvalue weighted by molar-refractivity contribution is -0.0559. The van der Waals surface area contributed by atoms with Gasteiger partial charge >= 0.3 is 0 Å². The Labute approximate surface area is 108 Å². The van der Waals surface area contributed by atoms with Crippen molar-refractivity contribution in [1.82, 2.24) is 0 Å². The molecule has 1 aliphatic rings. The predicted molar refractivity (Wildman–Crippen MR) is 69.8 cm³/mol. The average molecular weight is 251 g/mol. The number of ether oxygens (including phenoxy) is 2. The number of fused-ring (bicyclic) bond motifs is 1. The van der Waals surface area contributed by atoms with Crippen LogP contribution in [0.5, 0.6) is 11.5 Å². The van der Waals surface area contributed by atoms with Gasteiger partial charge in [-0.05, 0) is 23.1 Å². The third-order valence-corrected chi connectivity index (χ3v) is 3.56. The lowest BCUT2D eigenvalue weighted by Gasteiger charge is -2.40. The first-order chi connectivity index (χ1) is 8.38. The molecule has 0 radical (unpaired) electrons. The maximum atomic E-state index is 10.8. The van der Waals surface area contributed by atoms with Crippen LogP contribution >= 0.6 is 0 Å². The first-order valence-corrected chi connectivity index (χ1v) is 6.21. The van der Waals surface area contributed by atoms with Gasteiger partial charge < -0.3 is 20.3 Å². The van der Waals surface area contributed by atoms with Crippen LogP contribution in [-0.2, 0) is 5.60 Å². The van der Waals surface area contributed by atoms with Gasteiger partial charge in [0.1, 0.15) is 18.8 Å². The van der Waals surface area contributed by atoms with Crippen LogP contribution in [0.3, 0.4) is 0 Å². The molecule has 0 bridgehead atoms. The Kier molecular flexibility index (Phi) is 3.25. The van der Waals surface area contributed by atoms with Crippen molar-refractivity contribution in [2.75, 3.05) is 19.8 Å². The zero-order valence-electron chi connectivity index (χ0n) is 11.2. The molecule has 1 heterocycles. The van der Waals surface area contributed by atoms with Crippen molar-refractivity contribution < 1.29 is 14.6 Å². The van der Waals surface area contributed by atoms with E-state index < -0.39 is 5.60 Å². The number of aliphatic hydroxyl groups is 1. The van der Waals surface area contributed by atoms with Gasteiger partial charge in [0, 0.05) is 6.54 Å². The molecule has 0 saturated carbocycles. The van der Waals surface area contributed by atoms with Gasteiger partial charge in [-0.3, -0.25) is 0 Å². The zero-order chi connectivity index (χ0) is 13.4. The minimum Gasteiger partial charge on any atom is -0.486 e. The molecule has 0 aliphatic carbocycles. The van der Waals surface area contributed by atoms with E-state index in [9.17, 15) is 5.11 Å². The Bertz CT molecular complexity index is 439. The molecule has 18 heavy (non-hydrogen) atoms. The summed E-state index contributed by atoms with van der Waals surface area (Å²) < 4.78 is 11.0. The minimum absolute atomic E-state index is 0.163. The molecule has 1 aromatic carbocycles. The van der Waals surface area contributed by atoms with E-state index in [1.54, 1.807) is 0 Å². The first-order valence-electron chi connectivity index (χ1n) is 6.21. The molecule has 1 unspecified atom stereocenters. The van der Waals surface area contributed by atoms with Crippen molar-refractivity contribution in [3.8, 4) is 11.5 Å². The van der Waals surface area contributed by atoms with E-state index >= 15 is 0 Å². The molecule has 2 rings (SSSR count). The summed E-state index contributed by atoms with van der Waals surface area (Å²) in [6.07, 6.45) is 0. The van der Waals surface area contributed by atoms with Crippen molar-refractivity contribution in [2.45, 2.75) is 26.4 Å². The van der Waals surface area contributed by atoms with Gasteiger partial charge in [0.15, 0.2) is 11.5 Å². The Morgan fingerprint density at radius 1 is 1.17 bits per heavy atom. The fourth-order valence-electron chi connectivity index (χ4n) is 2.16. The molecule has 3 N–H and O–H groups in total. The van der Waals surface area contributed by atoms with Crippen LogP contribution in [0.1, 0.15) is 26.3 Å². The molecule has 4 heteroatoms. The Morgan fingerprint density at radius 3 is 2.33 bits per heavy atom. The van der Waals surface area contributed by atoms with Crippen LogP contribution in [0.25, 0.3) is 0 Å². The molecule has 1 atom stereocenters. The largest absolute Gasteiger partial charge is 0.486 e. The second-order valence-corrected chi connectivity index (χ2v) is 5.67. The topological polar surface area (TPSA) is 64.7 Å². The van der Waals surface area contributed by atoms with Crippen molar-refractivity contribution in [1.29, 1.82) is 0 Å². The van der Waals surface area contributed by atoms with E-state index in [1.807, 2.05) is 39.0 Å². The normalized spacial score (nSPS) is 18.3. The Morgan fingerprint density at radius 2 is 1.78 bits per heavy atom. The van der Waals surface area contributed by atoms with E-state index in [1.165, 1.54) is 0 Å². The summed E-state index contributed by atoms with van der Waals surface area (Å²) in [6.45, 7) is 7.17. The second kappa shape index (κ2) is 4.44. The highest BCUT2D eigenvalue weighted by molar-refractivity contribution is 5.46.